The SMILES string of the molecule is C=C(CC)COc1ccc(Br)cc1CNCC. The van der Waals surface area contributed by atoms with Gasteiger partial charge in [0.25, 0.3) is 0 Å². The van der Waals surface area contributed by atoms with E-state index in [2.05, 4.69) is 47.7 Å². The number of ether oxygens (including phenoxy) is 1. The molecule has 0 aliphatic carbocycles. The first-order valence-electron chi connectivity index (χ1n) is 5.96. The summed E-state index contributed by atoms with van der Waals surface area (Å²) in [6.07, 6.45) is 0.957. The van der Waals surface area contributed by atoms with Crippen molar-refractivity contribution in [2.75, 3.05) is 13.2 Å². The summed E-state index contributed by atoms with van der Waals surface area (Å²) in [5.74, 6) is 0.934. The monoisotopic (exact) mass is 297 g/mol. The van der Waals surface area contributed by atoms with Gasteiger partial charge in [0.15, 0.2) is 0 Å². The molecule has 17 heavy (non-hydrogen) atoms. The average molecular weight is 298 g/mol. The van der Waals surface area contributed by atoms with Crippen molar-refractivity contribution in [1.82, 2.24) is 5.32 Å². The number of benzene rings is 1. The predicted octanol–water partition coefficient (Wildman–Crippen LogP) is 3.90. The Labute approximate surface area is 112 Å². The molecule has 3 heteroatoms. The Morgan fingerprint density at radius 1 is 1.41 bits per heavy atom. The maximum atomic E-state index is 5.78. The van der Waals surface area contributed by atoms with Crippen molar-refractivity contribution in [1.29, 1.82) is 0 Å². The molecule has 1 aromatic carbocycles. The molecular weight excluding hydrogens is 278 g/mol. The molecule has 0 saturated carbocycles. The van der Waals surface area contributed by atoms with Gasteiger partial charge in [-0.2, -0.15) is 0 Å². The molecule has 0 amide bonds. The van der Waals surface area contributed by atoms with Crippen LogP contribution >= 0.6 is 15.9 Å². The molecule has 0 aliphatic heterocycles. The fourth-order valence-corrected chi connectivity index (χ4v) is 1.78. The van der Waals surface area contributed by atoms with Crippen molar-refractivity contribution < 1.29 is 4.74 Å². The van der Waals surface area contributed by atoms with Gasteiger partial charge in [-0.15, -0.1) is 0 Å². The van der Waals surface area contributed by atoms with Crippen molar-refractivity contribution in [2.45, 2.75) is 26.8 Å². The van der Waals surface area contributed by atoms with Crippen LogP contribution in [0, 0.1) is 0 Å². The van der Waals surface area contributed by atoms with Crippen LogP contribution in [-0.4, -0.2) is 13.2 Å². The molecule has 94 valence electrons. The molecule has 0 unspecified atom stereocenters. The van der Waals surface area contributed by atoms with Crippen molar-refractivity contribution >= 4 is 15.9 Å². The molecule has 1 aromatic rings. The third-order valence-corrected chi connectivity index (χ3v) is 3.01. The highest BCUT2D eigenvalue weighted by atomic mass is 79.9. The van der Waals surface area contributed by atoms with Gasteiger partial charge in [-0.1, -0.05) is 36.4 Å². The molecule has 1 N–H and O–H groups in total. The Morgan fingerprint density at radius 3 is 2.82 bits per heavy atom. The lowest BCUT2D eigenvalue weighted by Gasteiger charge is -2.13. The summed E-state index contributed by atoms with van der Waals surface area (Å²) in [5.41, 5.74) is 2.28. The van der Waals surface area contributed by atoms with E-state index in [1.165, 1.54) is 5.56 Å². The number of halogens is 1. The largest absolute Gasteiger partial charge is 0.489 e. The van der Waals surface area contributed by atoms with Gasteiger partial charge in [-0.3, -0.25) is 0 Å². The van der Waals surface area contributed by atoms with E-state index in [0.717, 1.165) is 35.3 Å². The minimum Gasteiger partial charge on any atom is -0.489 e. The second-order valence-electron chi connectivity index (χ2n) is 3.92. The van der Waals surface area contributed by atoms with E-state index in [4.69, 9.17) is 4.74 Å². The van der Waals surface area contributed by atoms with Crippen molar-refractivity contribution in [3.63, 3.8) is 0 Å². The van der Waals surface area contributed by atoms with Crippen LogP contribution < -0.4 is 10.1 Å². The Morgan fingerprint density at radius 2 is 2.18 bits per heavy atom. The third-order valence-electron chi connectivity index (χ3n) is 2.52. The quantitative estimate of drug-likeness (QED) is 0.771. The van der Waals surface area contributed by atoms with Crippen LogP contribution in [0.15, 0.2) is 34.8 Å². The van der Waals surface area contributed by atoms with Crippen LogP contribution in [0.25, 0.3) is 0 Å². The standard InChI is InChI=1S/C14H20BrNO/c1-4-11(3)10-17-14-7-6-13(15)8-12(14)9-16-5-2/h6-8,16H,3-5,9-10H2,1-2H3. The van der Waals surface area contributed by atoms with Crippen LogP contribution in [-0.2, 0) is 6.54 Å². The molecule has 0 saturated heterocycles. The molecule has 0 spiro atoms. The van der Waals surface area contributed by atoms with Gasteiger partial charge in [-0.25, -0.2) is 0 Å². The Kier molecular flexibility index (Phi) is 6.30. The Bertz CT molecular complexity index is 376. The zero-order valence-corrected chi connectivity index (χ0v) is 12.1. The Hall–Kier alpha value is -0.800. The highest BCUT2D eigenvalue weighted by Gasteiger charge is 2.04. The minimum atomic E-state index is 0.595. The Balaban J connectivity index is 2.71. The highest BCUT2D eigenvalue weighted by molar-refractivity contribution is 9.10. The molecular formula is C14H20BrNO. The summed E-state index contributed by atoms with van der Waals surface area (Å²) in [7, 11) is 0. The molecule has 0 fully saturated rings. The summed E-state index contributed by atoms with van der Waals surface area (Å²) >= 11 is 3.48. The maximum Gasteiger partial charge on any atom is 0.124 e. The van der Waals surface area contributed by atoms with E-state index in [-0.39, 0.29) is 0 Å². The van der Waals surface area contributed by atoms with E-state index in [0.29, 0.717) is 6.61 Å². The van der Waals surface area contributed by atoms with Gasteiger partial charge in [0.2, 0.25) is 0 Å². The number of hydrogen-bond donors (Lipinski definition) is 1. The minimum absolute atomic E-state index is 0.595. The van der Waals surface area contributed by atoms with Gasteiger partial charge in [0, 0.05) is 16.6 Å². The second kappa shape index (κ2) is 7.51. The fourth-order valence-electron chi connectivity index (χ4n) is 1.37. The summed E-state index contributed by atoms with van der Waals surface area (Å²) in [4.78, 5) is 0. The molecule has 0 radical (unpaired) electrons. The summed E-state index contributed by atoms with van der Waals surface area (Å²) in [6.45, 7) is 10.5. The number of hydrogen-bond acceptors (Lipinski definition) is 2. The first-order chi connectivity index (χ1) is 8.17. The average Bonchev–Trinajstić information content (AvgIpc) is 2.34. The van der Waals surface area contributed by atoms with Crippen LogP contribution in [0.3, 0.4) is 0 Å². The third kappa shape index (κ3) is 4.92. The first-order valence-corrected chi connectivity index (χ1v) is 6.75. The number of rotatable bonds is 7. The lowest BCUT2D eigenvalue weighted by atomic mass is 10.2. The van der Waals surface area contributed by atoms with E-state index >= 15 is 0 Å². The molecule has 0 atom stereocenters. The molecule has 2 nitrogen and oxygen atoms in total. The molecule has 0 aromatic heterocycles. The zero-order valence-electron chi connectivity index (χ0n) is 10.6. The molecule has 0 bridgehead atoms. The summed E-state index contributed by atoms with van der Waals surface area (Å²) in [5, 5.41) is 3.31. The van der Waals surface area contributed by atoms with Crippen LogP contribution in [0.5, 0.6) is 5.75 Å². The van der Waals surface area contributed by atoms with Crippen LogP contribution in [0.1, 0.15) is 25.8 Å². The highest BCUT2D eigenvalue weighted by Crippen LogP contribution is 2.23. The zero-order chi connectivity index (χ0) is 12.7. The van der Waals surface area contributed by atoms with E-state index in [1.54, 1.807) is 0 Å². The van der Waals surface area contributed by atoms with E-state index in [9.17, 15) is 0 Å². The van der Waals surface area contributed by atoms with Crippen molar-refractivity contribution in [3.8, 4) is 5.75 Å². The van der Waals surface area contributed by atoms with Crippen LogP contribution in [0.2, 0.25) is 0 Å². The summed E-state index contributed by atoms with van der Waals surface area (Å²) < 4.78 is 6.86. The normalized spacial score (nSPS) is 10.3. The number of nitrogens with one attached hydrogen (secondary N) is 1. The first kappa shape index (κ1) is 14.3. The topological polar surface area (TPSA) is 21.3 Å². The molecule has 1 rings (SSSR count). The lowest BCUT2D eigenvalue weighted by molar-refractivity contribution is 0.344. The molecule has 0 aliphatic rings. The van der Waals surface area contributed by atoms with Gasteiger partial charge in [0.05, 0.1) is 0 Å². The fraction of sp³-hybridized carbons (Fsp3) is 0.429. The smallest absolute Gasteiger partial charge is 0.124 e. The van der Waals surface area contributed by atoms with Gasteiger partial charge in [0.1, 0.15) is 12.4 Å². The van der Waals surface area contributed by atoms with E-state index in [1.807, 2.05) is 12.1 Å². The van der Waals surface area contributed by atoms with Crippen molar-refractivity contribution in [3.05, 3.63) is 40.4 Å². The predicted molar refractivity (Wildman–Crippen MR) is 76.4 cm³/mol. The summed E-state index contributed by atoms with van der Waals surface area (Å²) in [6, 6.07) is 6.09. The van der Waals surface area contributed by atoms with Gasteiger partial charge >= 0.3 is 0 Å². The van der Waals surface area contributed by atoms with E-state index < -0.39 is 0 Å². The van der Waals surface area contributed by atoms with Crippen molar-refractivity contribution in [2.24, 2.45) is 0 Å². The maximum absolute atomic E-state index is 5.78. The van der Waals surface area contributed by atoms with Gasteiger partial charge in [-0.05, 0) is 36.7 Å². The molecule has 0 heterocycles. The van der Waals surface area contributed by atoms with Gasteiger partial charge < -0.3 is 10.1 Å². The second-order valence-corrected chi connectivity index (χ2v) is 4.84. The van der Waals surface area contributed by atoms with Crippen LogP contribution in [0.4, 0.5) is 0 Å². The lowest BCUT2D eigenvalue weighted by Crippen LogP contribution is -2.13.